The van der Waals surface area contributed by atoms with Gasteiger partial charge in [-0.3, -0.25) is 0 Å². The number of hydrogen-bond acceptors (Lipinski definition) is 1. The molecule has 104 valence electrons. The molecule has 0 amide bonds. The van der Waals surface area contributed by atoms with Crippen LogP contribution in [0.4, 0.5) is 0 Å². The summed E-state index contributed by atoms with van der Waals surface area (Å²) in [5.74, 6) is 0.696. The topological polar surface area (TPSA) is 12.0 Å². The Labute approximate surface area is 125 Å². The van der Waals surface area contributed by atoms with Gasteiger partial charge >= 0.3 is 0 Å². The molecule has 4 rings (SSSR count). The molecule has 2 unspecified atom stereocenters. The van der Waals surface area contributed by atoms with E-state index in [-0.39, 0.29) is 0 Å². The Balaban J connectivity index is 1.46. The second-order valence-corrected chi connectivity index (χ2v) is 5.88. The van der Waals surface area contributed by atoms with Crippen LogP contribution < -0.4 is 5.32 Å². The standard InChI is InChI=1S/C20H19N/c1-2-7-16(8-3-1)19-13-20(19)21-14-17-11-6-10-15-9-4-5-12-18(15)17/h1-12,19-21H,13-14H2. The van der Waals surface area contributed by atoms with Crippen LogP contribution in [0, 0.1) is 0 Å². The maximum absolute atomic E-state index is 3.71. The van der Waals surface area contributed by atoms with E-state index in [1.807, 2.05) is 0 Å². The highest BCUT2D eigenvalue weighted by atomic mass is 15.0. The molecule has 0 aromatic heterocycles. The van der Waals surface area contributed by atoms with E-state index >= 15 is 0 Å². The Morgan fingerprint density at radius 3 is 2.48 bits per heavy atom. The lowest BCUT2D eigenvalue weighted by molar-refractivity contribution is 0.675. The van der Waals surface area contributed by atoms with Gasteiger partial charge in [0, 0.05) is 18.5 Å². The molecule has 1 aliphatic rings. The predicted octanol–water partition coefficient (Wildman–Crippen LogP) is 4.49. The maximum atomic E-state index is 3.71. The summed E-state index contributed by atoms with van der Waals surface area (Å²) in [5.41, 5.74) is 2.86. The highest BCUT2D eigenvalue weighted by molar-refractivity contribution is 5.85. The third kappa shape index (κ3) is 2.57. The van der Waals surface area contributed by atoms with E-state index < -0.39 is 0 Å². The zero-order valence-electron chi connectivity index (χ0n) is 12.0. The lowest BCUT2D eigenvalue weighted by Gasteiger charge is -2.08. The van der Waals surface area contributed by atoms with Gasteiger partial charge in [-0.15, -0.1) is 0 Å². The zero-order valence-corrected chi connectivity index (χ0v) is 12.0. The molecule has 3 aromatic carbocycles. The lowest BCUT2D eigenvalue weighted by Crippen LogP contribution is -2.17. The number of fused-ring (bicyclic) bond motifs is 1. The van der Waals surface area contributed by atoms with Crippen molar-refractivity contribution >= 4 is 10.8 Å². The summed E-state index contributed by atoms with van der Waals surface area (Å²) in [6.07, 6.45) is 1.26. The van der Waals surface area contributed by atoms with Crippen LogP contribution in [0.2, 0.25) is 0 Å². The van der Waals surface area contributed by atoms with Gasteiger partial charge in [0.25, 0.3) is 0 Å². The fraction of sp³-hybridized carbons (Fsp3) is 0.200. The molecule has 1 heteroatoms. The molecule has 3 aromatic rings. The van der Waals surface area contributed by atoms with Gasteiger partial charge in [-0.1, -0.05) is 72.8 Å². The first-order chi connectivity index (χ1) is 10.4. The Morgan fingerprint density at radius 1 is 0.810 bits per heavy atom. The van der Waals surface area contributed by atoms with Crippen molar-refractivity contribution in [2.24, 2.45) is 0 Å². The zero-order chi connectivity index (χ0) is 14.1. The summed E-state index contributed by atoms with van der Waals surface area (Å²) < 4.78 is 0. The monoisotopic (exact) mass is 273 g/mol. The van der Waals surface area contributed by atoms with Crippen LogP contribution in [0.5, 0.6) is 0 Å². The minimum atomic E-state index is 0.631. The molecule has 0 aliphatic heterocycles. The molecule has 0 radical (unpaired) electrons. The summed E-state index contributed by atoms with van der Waals surface area (Å²) >= 11 is 0. The van der Waals surface area contributed by atoms with Crippen LogP contribution in [0.3, 0.4) is 0 Å². The van der Waals surface area contributed by atoms with Gasteiger partial charge in [-0.25, -0.2) is 0 Å². The van der Waals surface area contributed by atoms with Crippen molar-refractivity contribution in [3.05, 3.63) is 83.9 Å². The molecule has 2 atom stereocenters. The molecule has 1 nitrogen and oxygen atoms in total. The van der Waals surface area contributed by atoms with Gasteiger partial charge in [-0.05, 0) is 28.3 Å². The Morgan fingerprint density at radius 2 is 1.57 bits per heavy atom. The molecule has 0 spiro atoms. The highest BCUT2D eigenvalue weighted by Gasteiger charge is 2.37. The quantitative estimate of drug-likeness (QED) is 0.738. The van der Waals surface area contributed by atoms with Crippen molar-refractivity contribution in [2.75, 3.05) is 0 Å². The Bertz CT molecular complexity index is 743. The predicted molar refractivity (Wildman–Crippen MR) is 88.4 cm³/mol. The first kappa shape index (κ1) is 12.6. The largest absolute Gasteiger partial charge is 0.309 e. The summed E-state index contributed by atoms with van der Waals surface area (Å²) in [5, 5.41) is 6.40. The van der Waals surface area contributed by atoms with Crippen LogP contribution in [0.15, 0.2) is 72.8 Å². The molecule has 1 saturated carbocycles. The average Bonchev–Trinajstić information content (AvgIpc) is 3.33. The number of benzene rings is 3. The number of hydrogen-bond donors (Lipinski definition) is 1. The van der Waals surface area contributed by atoms with E-state index in [0.29, 0.717) is 12.0 Å². The average molecular weight is 273 g/mol. The van der Waals surface area contributed by atoms with Gasteiger partial charge in [0.05, 0.1) is 0 Å². The molecule has 0 heterocycles. The van der Waals surface area contributed by atoms with Gasteiger partial charge < -0.3 is 5.32 Å². The molecular formula is C20H19N. The van der Waals surface area contributed by atoms with Gasteiger partial charge in [0.15, 0.2) is 0 Å². The second-order valence-electron chi connectivity index (χ2n) is 5.88. The van der Waals surface area contributed by atoms with E-state index in [0.717, 1.165) is 6.54 Å². The molecule has 0 saturated heterocycles. The van der Waals surface area contributed by atoms with Crippen molar-refractivity contribution in [2.45, 2.75) is 24.9 Å². The summed E-state index contributed by atoms with van der Waals surface area (Å²) in [6.45, 7) is 0.954. The molecule has 1 fully saturated rings. The Kier molecular flexibility index (Phi) is 3.21. The number of nitrogens with one attached hydrogen (secondary N) is 1. The van der Waals surface area contributed by atoms with Crippen molar-refractivity contribution in [3.63, 3.8) is 0 Å². The van der Waals surface area contributed by atoms with Crippen molar-refractivity contribution in [1.82, 2.24) is 5.32 Å². The smallest absolute Gasteiger partial charge is 0.0214 e. The summed E-state index contributed by atoms with van der Waals surface area (Å²) in [6, 6.07) is 26.7. The molecular weight excluding hydrogens is 254 g/mol. The van der Waals surface area contributed by atoms with E-state index in [4.69, 9.17) is 0 Å². The Hall–Kier alpha value is -2.12. The first-order valence-corrected chi connectivity index (χ1v) is 7.67. The van der Waals surface area contributed by atoms with Crippen LogP contribution in [-0.4, -0.2) is 6.04 Å². The normalized spacial score (nSPS) is 20.6. The number of rotatable bonds is 4. The highest BCUT2D eigenvalue weighted by Crippen LogP contribution is 2.40. The van der Waals surface area contributed by atoms with Gasteiger partial charge in [0.1, 0.15) is 0 Å². The molecule has 21 heavy (non-hydrogen) atoms. The SMILES string of the molecule is c1ccc(C2CC2NCc2cccc3ccccc23)cc1. The van der Waals surface area contributed by atoms with Crippen molar-refractivity contribution in [1.29, 1.82) is 0 Å². The van der Waals surface area contributed by atoms with Gasteiger partial charge in [-0.2, -0.15) is 0 Å². The van der Waals surface area contributed by atoms with Crippen LogP contribution >= 0.6 is 0 Å². The van der Waals surface area contributed by atoms with E-state index in [2.05, 4.69) is 78.1 Å². The minimum Gasteiger partial charge on any atom is -0.309 e. The summed E-state index contributed by atoms with van der Waals surface area (Å²) in [4.78, 5) is 0. The fourth-order valence-corrected chi connectivity index (χ4v) is 3.18. The van der Waals surface area contributed by atoms with Crippen molar-refractivity contribution < 1.29 is 0 Å². The first-order valence-electron chi connectivity index (χ1n) is 7.67. The molecule has 1 N–H and O–H groups in total. The second kappa shape index (κ2) is 5.34. The molecule has 1 aliphatic carbocycles. The van der Waals surface area contributed by atoms with E-state index in [1.165, 1.54) is 28.3 Å². The maximum Gasteiger partial charge on any atom is 0.0214 e. The fourth-order valence-electron chi connectivity index (χ4n) is 3.18. The van der Waals surface area contributed by atoms with E-state index in [9.17, 15) is 0 Å². The summed E-state index contributed by atoms with van der Waals surface area (Å²) in [7, 11) is 0. The third-order valence-corrected chi connectivity index (χ3v) is 4.45. The third-order valence-electron chi connectivity index (χ3n) is 4.45. The minimum absolute atomic E-state index is 0.631. The van der Waals surface area contributed by atoms with Crippen LogP contribution in [-0.2, 0) is 6.54 Å². The van der Waals surface area contributed by atoms with Crippen LogP contribution in [0.25, 0.3) is 10.8 Å². The van der Waals surface area contributed by atoms with Crippen LogP contribution in [0.1, 0.15) is 23.5 Å². The van der Waals surface area contributed by atoms with Gasteiger partial charge in [0.2, 0.25) is 0 Å². The molecule has 0 bridgehead atoms. The lowest BCUT2D eigenvalue weighted by atomic mass is 10.0. The van der Waals surface area contributed by atoms with Crippen molar-refractivity contribution in [3.8, 4) is 0 Å². The van der Waals surface area contributed by atoms with E-state index in [1.54, 1.807) is 0 Å².